The summed E-state index contributed by atoms with van der Waals surface area (Å²) in [5.41, 5.74) is 8.67. The lowest BCUT2D eigenvalue weighted by Crippen LogP contribution is -2.56. The number of fused-ring (bicyclic) bond motifs is 5. The highest BCUT2D eigenvalue weighted by Crippen LogP contribution is 2.44. The molecule has 0 N–H and O–H groups in total. The molecule has 0 spiro atoms. The van der Waals surface area contributed by atoms with Gasteiger partial charge in [0.1, 0.15) is 6.61 Å². The molecule has 0 saturated carbocycles. The van der Waals surface area contributed by atoms with Gasteiger partial charge in [0, 0.05) is 5.92 Å². The molecule has 2 aliphatic heterocycles. The van der Waals surface area contributed by atoms with E-state index < -0.39 is 0 Å². The quantitative estimate of drug-likeness (QED) is 0.503. The molecule has 5 heteroatoms. The molecule has 1 aliphatic carbocycles. The van der Waals surface area contributed by atoms with E-state index in [1.807, 2.05) is 36.1 Å². The van der Waals surface area contributed by atoms with Crippen molar-refractivity contribution in [3.63, 3.8) is 0 Å². The number of nitriles is 1. The SMILES string of the molecule is Cc1ccc(C#N)c(C2=CC3COCC(C2)N3C(=O)OCC2c3ccccc3-c3ccccc32)c1. The van der Waals surface area contributed by atoms with E-state index in [2.05, 4.69) is 54.6 Å². The van der Waals surface area contributed by atoms with Gasteiger partial charge in [0.2, 0.25) is 0 Å². The first-order chi connectivity index (χ1) is 17.1. The summed E-state index contributed by atoms with van der Waals surface area (Å²) in [7, 11) is 0. The molecule has 1 fully saturated rings. The van der Waals surface area contributed by atoms with E-state index in [0.29, 0.717) is 31.8 Å². The maximum Gasteiger partial charge on any atom is 0.410 e. The number of rotatable bonds is 3. The second kappa shape index (κ2) is 8.72. The van der Waals surface area contributed by atoms with Crippen molar-refractivity contribution in [3.8, 4) is 17.2 Å². The van der Waals surface area contributed by atoms with Crippen LogP contribution in [0.25, 0.3) is 16.7 Å². The zero-order valence-corrected chi connectivity index (χ0v) is 19.6. The van der Waals surface area contributed by atoms with Crippen LogP contribution < -0.4 is 0 Å². The minimum Gasteiger partial charge on any atom is -0.448 e. The van der Waals surface area contributed by atoms with Crippen LogP contribution >= 0.6 is 0 Å². The fourth-order valence-electron chi connectivity index (χ4n) is 5.77. The molecule has 35 heavy (non-hydrogen) atoms. The largest absolute Gasteiger partial charge is 0.448 e. The molecule has 174 valence electrons. The minimum absolute atomic E-state index is 0.0313. The van der Waals surface area contributed by atoms with Gasteiger partial charge in [0.25, 0.3) is 0 Å². The summed E-state index contributed by atoms with van der Waals surface area (Å²) in [6.07, 6.45) is 2.41. The summed E-state index contributed by atoms with van der Waals surface area (Å²) in [6.45, 7) is 3.22. The van der Waals surface area contributed by atoms with Crippen LogP contribution in [0.5, 0.6) is 0 Å². The Morgan fingerprint density at radius 1 is 1.03 bits per heavy atom. The van der Waals surface area contributed by atoms with Gasteiger partial charge in [-0.25, -0.2) is 4.79 Å². The Morgan fingerprint density at radius 2 is 1.74 bits per heavy atom. The summed E-state index contributed by atoms with van der Waals surface area (Å²) < 4.78 is 11.8. The summed E-state index contributed by atoms with van der Waals surface area (Å²) in [4.78, 5) is 15.2. The Kier molecular flexibility index (Phi) is 5.39. The standard InChI is InChI=1S/C30H26N2O3/c1-19-10-11-20(15-31)28(12-19)21-13-22-16-34-17-23(14-21)32(22)30(33)35-18-29-26-8-4-2-6-24(26)25-7-3-5-9-27(25)29/h2-13,22-23,29H,14,16-18H2,1H3. The number of ether oxygens (including phenoxy) is 2. The highest BCUT2D eigenvalue weighted by Gasteiger charge is 2.40. The summed E-state index contributed by atoms with van der Waals surface area (Å²) >= 11 is 0. The van der Waals surface area contributed by atoms with Crippen LogP contribution in [0.3, 0.4) is 0 Å². The van der Waals surface area contributed by atoms with Gasteiger partial charge in [-0.3, -0.25) is 4.90 Å². The Balaban J connectivity index is 1.24. The van der Waals surface area contributed by atoms with E-state index in [1.54, 1.807) is 0 Å². The number of amides is 1. The molecule has 1 saturated heterocycles. The third-order valence-electron chi connectivity index (χ3n) is 7.39. The lowest BCUT2D eigenvalue weighted by Gasteiger charge is -2.44. The van der Waals surface area contributed by atoms with Gasteiger partial charge in [-0.05, 0) is 52.8 Å². The molecule has 3 aromatic carbocycles. The molecule has 3 aromatic rings. The normalized spacial score (nSPS) is 20.5. The minimum atomic E-state index is -0.301. The van der Waals surface area contributed by atoms with E-state index in [9.17, 15) is 10.1 Å². The molecule has 3 aliphatic rings. The van der Waals surface area contributed by atoms with Crippen molar-refractivity contribution in [3.05, 3.63) is 101 Å². The number of hydrogen-bond donors (Lipinski definition) is 0. The van der Waals surface area contributed by atoms with Crippen LogP contribution in [-0.2, 0) is 9.47 Å². The van der Waals surface area contributed by atoms with Crippen LogP contribution in [0.4, 0.5) is 4.79 Å². The highest BCUT2D eigenvalue weighted by atomic mass is 16.6. The second-order valence-corrected chi connectivity index (χ2v) is 9.53. The molecule has 6 rings (SSSR count). The first-order valence-corrected chi connectivity index (χ1v) is 12.1. The first-order valence-electron chi connectivity index (χ1n) is 12.1. The van der Waals surface area contributed by atoms with Crippen molar-refractivity contribution in [1.29, 1.82) is 5.26 Å². The molecule has 2 unspecified atom stereocenters. The molecule has 2 atom stereocenters. The van der Waals surface area contributed by atoms with Gasteiger partial charge in [-0.1, -0.05) is 72.3 Å². The number of hydrogen-bond acceptors (Lipinski definition) is 4. The number of nitrogens with zero attached hydrogens (tertiary/aromatic N) is 2. The lowest BCUT2D eigenvalue weighted by atomic mass is 9.87. The zero-order valence-electron chi connectivity index (χ0n) is 19.6. The zero-order chi connectivity index (χ0) is 23.9. The van der Waals surface area contributed by atoms with Crippen LogP contribution in [0.15, 0.2) is 72.8 Å². The second-order valence-electron chi connectivity index (χ2n) is 9.53. The predicted molar refractivity (Wildman–Crippen MR) is 134 cm³/mol. The van der Waals surface area contributed by atoms with E-state index >= 15 is 0 Å². The number of carbonyl (C=O) groups is 1. The van der Waals surface area contributed by atoms with E-state index in [-0.39, 0.29) is 24.1 Å². The fourth-order valence-corrected chi connectivity index (χ4v) is 5.77. The van der Waals surface area contributed by atoms with Crippen LogP contribution in [0, 0.1) is 18.3 Å². The third-order valence-corrected chi connectivity index (χ3v) is 7.39. The summed E-state index contributed by atoms with van der Waals surface area (Å²) in [6, 6.07) is 24.6. The van der Waals surface area contributed by atoms with Gasteiger partial charge in [0.15, 0.2) is 0 Å². The molecule has 0 aromatic heterocycles. The number of morpholine rings is 1. The smallest absolute Gasteiger partial charge is 0.410 e. The summed E-state index contributed by atoms with van der Waals surface area (Å²) in [5.74, 6) is 0.0313. The number of carbonyl (C=O) groups excluding carboxylic acids is 1. The van der Waals surface area contributed by atoms with Crippen LogP contribution in [0.2, 0.25) is 0 Å². The van der Waals surface area contributed by atoms with E-state index in [0.717, 1.165) is 16.7 Å². The van der Waals surface area contributed by atoms with Crippen molar-refractivity contribution in [2.75, 3.05) is 19.8 Å². The molecular weight excluding hydrogens is 436 g/mol. The Hall–Kier alpha value is -3.88. The molecule has 1 amide bonds. The van der Waals surface area contributed by atoms with Crippen LogP contribution in [0.1, 0.15) is 40.2 Å². The molecule has 2 bridgehead atoms. The van der Waals surface area contributed by atoms with E-state index in [4.69, 9.17) is 9.47 Å². The molecular formula is C30H26N2O3. The monoisotopic (exact) mass is 462 g/mol. The first kappa shape index (κ1) is 21.6. The van der Waals surface area contributed by atoms with Crippen molar-refractivity contribution in [1.82, 2.24) is 4.90 Å². The fraction of sp³-hybridized carbons (Fsp3) is 0.267. The predicted octanol–water partition coefficient (Wildman–Crippen LogP) is 5.67. The Morgan fingerprint density at radius 3 is 2.43 bits per heavy atom. The van der Waals surface area contributed by atoms with Gasteiger partial charge in [0.05, 0.1) is 36.9 Å². The van der Waals surface area contributed by atoms with Crippen molar-refractivity contribution in [2.24, 2.45) is 0 Å². The van der Waals surface area contributed by atoms with Gasteiger partial charge >= 0.3 is 6.09 Å². The average molecular weight is 463 g/mol. The topological polar surface area (TPSA) is 62.6 Å². The van der Waals surface area contributed by atoms with E-state index in [1.165, 1.54) is 22.3 Å². The maximum absolute atomic E-state index is 13.4. The van der Waals surface area contributed by atoms with Gasteiger partial charge in [-0.15, -0.1) is 0 Å². The molecule has 5 nitrogen and oxygen atoms in total. The van der Waals surface area contributed by atoms with Crippen LogP contribution in [-0.4, -0.2) is 42.9 Å². The van der Waals surface area contributed by atoms with Crippen molar-refractivity contribution < 1.29 is 14.3 Å². The van der Waals surface area contributed by atoms with Crippen molar-refractivity contribution >= 4 is 11.7 Å². The lowest BCUT2D eigenvalue weighted by molar-refractivity contribution is -0.0331. The molecule has 2 heterocycles. The highest BCUT2D eigenvalue weighted by molar-refractivity contribution is 5.80. The Labute approximate surface area is 205 Å². The maximum atomic E-state index is 13.4. The third kappa shape index (κ3) is 3.71. The van der Waals surface area contributed by atoms with Gasteiger partial charge in [-0.2, -0.15) is 5.26 Å². The number of benzene rings is 3. The van der Waals surface area contributed by atoms with Gasteiger partial charge < -0.3 is 9.47 Å². The van der Waals surface area contributed by atoms with Crippen molar-refractivity contribution in [2.45, 2.75) is 31.3 Å². The summed E-state index contributed by atoms with van der Waals surface area (Å²) in [5, 5.41) is 9.61. The average Bonchev–Trinajstić information content (AvgIpc) is 3.20. The Bertz CT molecular complexity index is 1340. The number of aryl methyl sites for hydroxylation is 1. The molecule has 0 radical (unpaired) electrons.